The van der Waals surface area contributed by atoms with Gasteiger partial charge in [-0.1, -0.05) is 98.7 Å². The molecule has 0 fully saturated rings. The molecule has 3 aromatic carbocycles. The second-order valence-electron chi connectivity index (χ2n) is 10.1. The zero-order chi connectivity index (χ0) is 26.2. The van der Waals surface area contributed by atoms with Gasteiger partial charge in [0.1, 0.15) is 5.75 Å². The average Bonchev–Trinajstić information content (AvgIpc) is 2.88. The van der Waals surface area contributed by atoms with E-state index in [1.807, 2.05) is 24.3 Å². The van der Waals surface area contributed by atoms with Gasteiger partial charge in [-0.2, -0.15) is 0 Å². The summed E-state index contributed by atoms with van der Waals surface area (Å²) in [6.45, 7) is 11.4. The van der Waals surface area contributed by atoms with Crippen LogP contribution in [0.15, 0.2) is 60.7 Å². The molecular weight excluding hydrogens is 454 g/mol. The topological polar surface area (TPSA) is 47.9 Å². The minimum atomic E-state index is 0.637. The molecule has 0 aliphatic rings. The molecule has 0 saturated heterocycles. The van der Waals surface area contributed by atoms with Crippen molar-refractivity contribution in [3.8, 4) is 39.9 Å². The van der Waals surface area contributed by atoms with E-state index in [-0.39, 0.29) is 0 Å². The number of benzene rings is 3. The first-order valence-electron chi connectivity index (χ1n) is 13.6. The molecule has 0 radical (unpaired) electrons. The molecule has 4 heteroatoms. The summed E-state index contributed by atoms with van der Waals surface area (Å²) >= 11 is 0. The van der Waals surface area contributed by atoms with Crippen LogP contribution in [0, 0.1) is 27.7 Å². The lowest BCUT2D eigenvalue weighted by atomic mass is 10.0. The minimum absolute atomic E-state index is 0.637. The predicted octanol–water partition coefficient (Wildman–Crippen LogP) is 8.85. The highest BCUT2D eigenvalue weighted by atomic mass is 16.5. The van der Waals surface area contributed by atoms with Crippen molar-refractivity contribution in [3.05, 3.63) is 82.9 Å². The molecule has 0 bridgehead atoms. The Kier molecular flexibility index (Phi) is 9.05. The second kappa shape index (κ2) is 12.6. The number of nitrogens with zero attached hydrogens (tertiary/aromatic N) is 3. The standard InChI is InChI=1S/C33H39N3O/c1-6-7-8-9-10-13-20-37-30-15-12-11-14-29(30)33-35-31(27-18-16-23(2)21-25(27)4)34-32(36-33)28-19-17-24(3)22-26(28)5/h11-12,14-19,21-22H,6-10,13,20H2,1-5H3. The van der Waals surface area contributed by atoms with Gasteiger partial charge in [0.15, 0.2) is 17.5 Å². The van der Waals surface area contributed by atoms with Crippen LogP contribution >= 0.6 is 0 Å². The number of para-hydroxylation sites is 1. The number of hydrogen-bond donors (Lipinski definition) is 0. The SMILES string of the molecule is CCCCCCCCOc1ccccc1-c1nc(-c2ccc(C)cc2C)nc(-c2ccc(C)cc2C)n1. The Labute approximate surface area is 222 Å². The number of ether oxygens (including phenoxy) is 1. The normalized spacial score (nSPS) is 11.1. The Bertz CT molecular complexity index is 1280. The van der Waals surface area contributed by atoms with Crippen LogP contribution in [0.1, 0.15) is 67.7 Å². The first-order chi connectivity index (χ1) is 18.0. The zero-order valence-electron chi connectivity index (χ0n) is 23.0. The lowest BCUT2D eigenvalue weighted by Crippen LogP contribution is -2.04. The number of unbranched alkanes of at least 4 members (excludes halogenated alkanes) is 5. The molecule has 1 aromatic heterocycles. The third-order valence-electron chi connectivity index (χ3n) is 6.76. The van der Waals surface area contributed by atoms with Crippen molar-refractivity contribution >= 4 is 0 Å². The molecule has 4 aromatic rings. The molecule has 0 unspecified atom stereocenters. The van der Waals surface area contributed by atoms with Crippen LogP contribution in [0.25, 0.3) is 34.2 Å². The highest BCUT2D eigenvalue weighted by Gasteiger charge is 2.17. The fourth-order valence-corrected chi connectivity index (χ4v) is 4.71. The summed E-state index contributed by atoms with van der Waals surface area (Å²) in [5, 5.41) is 0. The van der Waals surface area contributed by atoms with Crippen LogP contribution in [-0.4, -0.2) is 21.6 Å². The van der Waals surface area contributed by atoms with E-state index in [1.165, 1.54) is 43.2 Å². The summed E-state index contributed by atoms with van der Waals surface area (Å²) in [4.78, 5) is 14.9. The quantitative estimate of drug-likeness (QED) is 0.196. The van der Waals surface area contributed by atoms with Gasteiger partial charge < -0.3 is 4.74 Å². The Balaban J connectivity index is 1.71. The van der Waals surface area contributed by atoms with Crippen molar-refractivity contribution in [2.75, 3.05) is 6.61 Å². The van der Waals surface area contributed by atoms with Gasteiger partial charge in [0.05, 0.1) is 12.2 Å². The molecule has 0 N–H and O–H groups in total. The summed E-state index contributed by atoms with van der Waals surface area (Å²) < 4.78 is 6.27. The Morgan fingerprint density at radius 2 is 1.08 bits per heavy atom. The fourth-order valence-electron chi connectivity index (χ4n) is 4.71. The van der Waals surface area contributed by atoms with E-state index in [4.69, 9.17) is 19.7 Å². The minimum Gasteiger partial charge on any atom is -0.493 e. The van der Waals surface area contributed by atoms with Gasteiger partial charge in [-0.3, -0.25) is 0 Å². The van der Waals surface area contributed by atoms with Crippen molar-refractivity contribution in [2.45, 2.75) is 73.1 Å². The molecule has 0 aliphatic heterocycles. The van der Waals surface area contributed by atoms with E-state index in [1.54, 1.807) is 0 Å². The molecule has 0 spiro atoms. The van der Waals surface area contributed by atoms with E-state index >= 15 is 0 Å². The van der Waals surface area contributed by atoms with Gasteiger partial charge >= 0.3 is 0 Å². The predicted molar refractivity (Wildman–Crippen MR) is 154 cm³/mol. The monoisotopic (exact) mass is 493 g/mol. The molecule has 192 valence electrons. The van der Waals surface area contributed by atoms with Gasteiger partial charge in [0, 0.05) is 11.1 Å². The van der Waals surface area contributed by atoms with Crippen LogP contribution in [0.3, 0.4) is 0 Å². The maximum atomic E-state index is 6.27. The summed E-state index contributed by atoms with van der Waals surface area (Å²) in [6, 6.07) is 20.9. The first-order valence-corrected chi connectivity index (χ1v) is 13.6. The Morgan fingerprint density at radius 1 is 0.568 bits per heavy atom. The molecule has 0 atom stereocenters. The lowest BCUT2D eigenvalue weighted by Gasteiger charge is -2.14. The van der Waals surface area contributed by atoms with E-state index in [0.29, 0.717) is 24.1 Å². The van der Waals surface area contributed by atoms with Gasteiger partial charge in [-0.05, 0) is 57.4 Å². The summed E-state index contributed by atoms with van der Waals surface area (Å²) in [5.41, 5.74) is 7.68. The smallest absolute Gasteiger partial charge is 0.167 e. The molecule has 37 heavy (non-hydrogen) atoms. The summed E-state index contributed by atoms with van der Waals surface area (Å²) in [7, 11) is 0. The van der Waals surface area contributed by atoms with Crippen molar-refractivity contribution < 1.29 is 4.74 Å². The number of aromatic nitrogens is 3. The highest BCUT2D eigenvalue weighted by molar-refractivity contribution is 5.72. The largest absolute Gasteiger partial charge is 0.493 e. The van der Waals surface area contributed by atoms with Gasteiger partial charge in [0.25, 0.3) is 0 Å². The Hall–Kier alpha value is -3.53. The van der Waals surface area contributed by atoms with Gasteiger partial charge in [0.2, 0.25) is 0 Å². The number of rotatable bonds is 11. The molecule has 1 heterocycles. The van der Waals surface area contributed by atoms with Crippen molar-refractivity contribution in [1.82, 2.24) is 15.0 Å². The molecule has 0 amide bonds. The number of aryl methyl sites for hydroxylation is 4. The van der Waals surface area contributed by atoms with E-state index < -0.39 is 0 Å². The first kappa shape index (κ1) is 26.5. The van der Waals surface area contributed by atoms with Crippen molar-refractivity contribution in [3.63, 3.8) is 0 Å². The lowest BCUT2D eigenvalue weighted by molar-refractivity contribution is 0.305. The van der Waals surface area contributed by atoms with Crippen LogP contribution in [0.2, 0.25) is 0 Å². The third kappa shape index (κ3) is 6.82. The highest BCUT2D eigenvalue weighted by Crippen LogP contribution is 2.32. The van der Waals surface area contributed by atoms with Crippen LogP contribution < -0.4 is 4.74 Å². The molecule has 0 aliphatic carbocycles. The summed E-state index contributed by atoms with van der Waals surface area (Å²) in [5.74, 6) is 2.82. The molecular formula is C33H39N3O. The fraction of sp³-hybridized carbons (Fsp3) is 0.364. The van der Waals surface area contributed by atoms with Gasteiger partial charge in [-0.15, -0.1) is 0 Å². The summed E-state index contributed by atoms with van der Waals surface area (Å²) in [6.07, 6.45) is 7.41. The van der Waals surface area contributed by atoms with Crippen molar-refractivity contribution in [2.24, 2.45) is 0 Å². The van der Waals surface area contributed by atoms with Crippen LogP contribution in [-0.2, 0) is 0 Å². The van der Waals surface area contributed by atoms with Gasteiger partial charge in [-0.25, -0.2) is 15.0 Å². The molecule has 4 rings (SSSR count). The number of hydrogen-bond acceptors (Lipinski definition) is 4. The van der Waals surface area contributed by atoms with Crippen LogP contribution in [0.4, 0.5) is 0 Å². The molecule has 4 nitrogen and oxygen atoms in total. The van der Waals surface area contributed by atoms with Crippen molar-refractivity contribution in [1.29, 1.82) is 0 Å². The van der Waals surface area contributed by atoms with E-state index in [9.17, 15) is 0 Å². The van der Waals surface area contributed by atoms with E-state index in [0.717, 1.165) is 40.0 Å². The van der Waals surface area contributed by atoms with E-state index in [2.05, 4.69) is 71.0 Å². The maximum Gasteiger partial charge on any atom is 0.167 e. The average molecular weight is 494 g/mol. The maximum absolute atomic E-state index is 6.27. The third-order valence-corrected chi connectivity index (χ3v) is 6.76. The van der Waals surface area contributed by atoms with Crippen LogP contribution in [0.5, 0.6) is 5.75 Å². The second-order valence-corrected chi connectivity index (χ2v) is 10.1. The molecule has 0 saturated carbocycles. The zero-order valence-corrected chi connectivity index (χ0v) is 23.0. The Morgan fingerprint density at radius 3 is 1.65 bits per heavy atom.